The molecular weight excluding hydrogens is 292 g/mol. The van der Waals surface area contributed by atoms with Crippen LogP contribution in [0.2, 0.25) is 0 Å². The Morgan fingerprint density at radius 1 is 1.52 bits per heavy atom. The van der Waals surface area contributed by atoms with Crippen molar-refractivity contribution in [3.8, 4) is 0 Å². The number of morpholine rings is 1. The number of amides is 2. The van der Waals surface area contributed by atoms with Gasteiger partial charge in [-0.2, -0.15) is 0 Å². The lowest BCUT2D eigenvalue weighted by Crippen LogP contribution is -2.53. The third-order valence-electron chi connectivity index (χ3n) is 3.27. The van der Waals surface area contributed by atoms with Crippen LogP contribution in [0.1, 0.15) is 21.5 Å². The molecule has 1 aromatic heterocycles. The second kappa shape index (κ2) is 7.51. The minimum Gasteiger partial charge on any atom is -0.378 e. The number of carbonyl (C=O) groups excluding carboxylic acids is 2. The summed E-state index contributed by atoms with van der Waals surface area (Å²) in [6.07, 6.45) is 0. The maximum absolute atomic E-state index is 12.0. The molecule has 2 rings (SSSR count). The molecule has 1 aromatic rings. The minimum atomic E-state index is -0.298. The fourth-order valence-electron chi connectivity index (χ4n) is 2.22. The first kappa shape index (κ1) is 15.9. The highest BCUT2D eigenvalue weighted by Gasteiger charge is 2.29. The summed E-state index contributed by atoms with van der Waals surface area (Å²) in [6, 6.07) is 3.34. The summed E-state index contributed by atoms with van der Waals surface area (Å²) in [7, 11) is 0. The van der Waals surface area contributed by atoms with Crippen LogP contribution in [-0.4, -0.2) is 49.1 Å². The molecule has 1 fully saturated rings. The molecule has 2 amide bonds. The number of likely N-dealkylation sites (N-methyl/N-ethyl adjacent to an activating group) is 1. The molecular formula is C13H20N4O3S. The van der Waals surface area contributed by atoms with Gasteiger partial charge in [-0.1, -0.05) is 0 Å². The van der Waals surface area contributed by atoms with Crippen molar-refractivity contribution in [1.29, 1.82) is 0 Å². The largest absolute Gasteiger partial charge is 0.378 e. The van der Waals surface area contributed by atoms with E-state index in [1.54, 1.807) is 6.07 Å². The molecule has 4 N–H and O–H groups in total. The Bertz CT molecular complexity index is 505. The zero-order valence-electron chi connectivity index (χ0n) is 11.9. The summed E-state index contributed by atoms with van der Waals surface area (Å²) in [5, 5.41) is 2.83. The smallest absolute Gasteiger partial charge is 0.275 e. The minimum absolute atomic E-state index is 0.0197. The van der Waals surface area contributed by atoms with Crippen LogP contribution in [0.25, 0.3) is 0 Å². The molecule has 1 saturated heterocycles. The van der Waals surface area contributed by atoms with E-state index in [1.165, 1.54) is 11.3 Å². The number of nitrogen functional groups attached to an aromatic ring is 1. The van der Waals surface area contributed by atoms with Crippen LogP contribution < -0.4 is 16.6 Å². The van der Waals surface area contributed by atoms with Gasteiger partial charge >= 0.3 is 0 Å². The first-order valence-electron chi connectivity index (χ1n) is 6.84. The third kappa shape index (κ3) is 4.01. The van der Waals surface area contributed by atoms with E-state index >= 15 is 0 Å². The summed E-state index contributed by atoms with van der Waals surface area (Å²) in [6.45, 7) is 4.81. The van der Waals surface area contributed by atoms with E-state index in [0.29, 0.717) is 37.7 Å². The summed E-state index contributed by atoms with van der Waals surface area (Å²) >= 11 is 1.38. The van der Waals surface area contributed by atoms with Gasteiger partial charge in [0.15, 0.2) is 0 Å². The Hall–Kier alpha value is -1.48. The van der Waals surface area contributed by atoms with Crippen LogP contribution in [0.15, 0.2) is 12.1 Å². The number of hydrazine groups is 1. The molecule has 1 aliphatic heterocycles. The van der Waals surface area contributed by atoms with E-state index in [4.69, 9.17) is 10.6 Å². The number of thiophene rings is 1. The first-order chi connectivity index (χ1) is 10.2. The van der Waals surface area contributed by atoms with Crippen molar-refractivity contribution in [2.45, 2.75) is 19.5 Å². The van der Waals surface area contributed by atoms with Crippen LogP contribution in [0.3, 0.4) is 0 Å². The molecule has 0 saturated carbocycles. The number of hydrogen-bond acceptors (Lipinski definition) is 6. The Morgan fingerprint density at radius 2 is 2.33 bits per heavy atom. The summed E-state index contributed by atoms with van der Waals surface area (Å²) in [5.74, 6) is 4.80. The van der Waals surface area contributed by atoms with Gasteiger partial charge in [0, 0.05) is 24.5 Å². The van der Waals surface area contributed by atoms with E-state index < -0.39 is 0 Å². The van der Waals surface area contributed by atoms with Gasteiger partial charge in [0.1, 0.15) is 6.04 Å². The van der Waals surface area contributed by atoms with Crippen molar-refractivity contribution in [3.05, 3.63) is 21.9 Å². The Labute approximate surface area is 127 Å². The molecule has 7 nitrogen and oxygen atoms in total. The molecule has 1 aliphatic rings. The van der Waals surface area contributed by atoms with Crippen molar-refractivity contribution in [2.75, 3.05) is 26.3 Å². The van der Waals surface area contributed by atoms with Crippen LogP contribution in [0, 0.1) is 0 Å². The highest BCUT2D eigenvalue weighted by Crippen LogP contribution is 2.20. The lowest BCUT2D eigenvalue weighted by atomic mass is 10.2. The number of ether oxygens (including phenoxy) is 1. The van der Waals surface area contributed by atoms with Gasteiger partial charge in [0.05, 0.1) is 18.1 Å². The topological polar surface area (TPSA) is 96.7 Å². The Balaban J connectivity index is 2.03. The monoisotopic (exact) mass is 312 g/mol. The van der Waals surface area contributed by atoms with Crippen molar-refractivity contribution in [2.24, 2.45) is 5.84 Å². The van der Waals surface area contributed by atoms with Crippen molar-refractivity contribution in [1.82, 2.24) is 15.6 Å². The first-order valence-corrected chi connectivity index (χ1v) is 7.66. The molecule has 0 spiro atoms. The van der Waals surface area contributed by atoms with Gasteiger partial charge in [0.2, 0.25) is 5.91 Å². The molecule has 0 aliphatic carbocycles. The molecule has 2 heterocycles. The van der Waals surface area contributed by atoms with Crippen LogP contribution in [0.5, 0.6) is 0 Å². The quantitative estimate of drug-likeness (QED) is 0.394. The standard InChI is InChI=1S/C13H20N4O3S/c1-2-15-12(18)10-8-20-6-5-17(10)7-9-3-4-11(21-9)13(19)16-14/h3-4,10H,2,5-8,14H2,1H3,(H,15,18)(H,16,19). The molecule has 21 heavy (non-hydrogen) atoms. The molecule has 0 aromatic carbocycles. The number of carbonyl (C=O) groups is 2. The van der Waals surface area contributed by atoms with Gasteiger partial charge in [0.25, 0.3) is 5.91 Å². The maximum atomic E-state index is 12.0. The van der Waals surface area contributed by atoms with E-state index in [9.17, 15) is 9.59 Å². The van der Waals surface area contributed by atoms with E-state index in [0.717, 1.165) is 4.88 Å². The fourth-order valence-corrected chi connectivity index (χ4v) is 3.15. The van der Waals surface area contributed by atoms with Crippen molar-refractivity contribution in [3.63, 3.8) is 0 Å². The highest BCUT2D eigenvalue weighted by atomic mass is 32.1. The molecule has 0 radical (unpaired) electrons. The van der Waals surface area contributed by atoms with Crippen LogP contribution in [-0.2, 0) is 16.1 Å². The number of hydrogen-bond donors (Lipinski definition) is 3. The second-order valence-electron chi connectivity index (χ2n) is 4.70. The van der Waals surface area contributed by atoms with E-state index in [-0.39, 0.29) is 17.9 Å². The zero-order valence-corrected chi connectivity index (χ0v) is 12.7. The van der Waals surface area contributed by atoms with Crippen molar-refractivity contribution < 1.29 is 14.3 Å². The van der Waals surface area contributed by atoms with E-state index in [1.807, 2.05) is 13.0 Å². The number of nitrogens with zero attached hydrogens (tertiary/aromatic N) is 1. The maximum Gasteiger partial charge on any atom is 0.275 e. The Kier molecular flexibility index (Phi) is 5.68. The van der Waals surface area contributed by atoms with Gasteiger partial charge in [-0.05, 0) is 19.1 Å². The van der Waals surface area contributed by atoms with Gasteiger partial charge < -0.3 is 10.1 Å². The third-order valence-corrected chi connectivity index (χ3v) is 4.34. The number of nitrogens with two attached hydrogens (primary N) is 1. The SMILES string of the molecule is CCNC(=O)C1COCCN1Cc1ccc(C(=O)NN)s1. The lowest BCUT2D eigenvalue weighted by Gasteiger charge is -2.34. The average molecular weight is 312 g/mol. The second-order valence-corrected chi connectivity index (χ2v) is 5.86. The number of nitrogens with one attached hydrogen (secondary N) is 2. The molecule has 0 bridgehead atoms. The molecule has 8 heteroatoms. The van der Waals surface area contributed by atoms with Gasteiger partial charge in [-0.15, -0.1) is 11.3 Å². The predicted molar refractivity (Wildman–Crippen MR) is 79.7 cm³/mol. The molecule has 116 valence electrons. The number of rotatable bonds is 5. The highest BCUT2D eigenvalue weighted by molar-refractivity contribution is 7.14. The van der Waals surface area contributed by atoms with Crippen molar-refractivity contribution >= 4 is 23.2 Å². The average Bonchev–Trinajstić information content (AvgIpc) is 2.96. The van der Waals surface area contributed by atoms with E-state index in [2.05, 4.69) is 15.6 Å². The molecule has 1 unspecified atom stereocenters. The van der Waals surface area contributed by atoms with Crippen LogP contribution in [0.4, 0.5) is 0 Å². The normalized spacial score (nSPS) is 19.2. The molecule has 1 atom stereocenters. The summed E-state index contributed by atoms with van der Waals surface area (Å²) < 4.78 is 5.40. The van der Waals surface area contributed by atoms with Gasteiger partial charge in [-0.25, -0.2) is 5.84 Å². The summed E-state index contributed by atoms with van der Waals surface area (Å²) in [5.41, 5.74) is 2.12. The zero-order chi connectivity index (χ0) is 15.2. The lowest BCUT2D eigenvalue weighted by molar-refractivity contribution is -0.132. The van der Waals surface area contributed by atoms with Crippen LogP contribution >= 0.6 is 11.3 Å². The predicted octanol–water partition coefficient (Wildman–Crippen LogP) is -0.311. The fraction of sp³-hybridized carbons (Fsp3) is 0.538. The Morgan fingerprint density at radius 3 is 3.05 bits per heavy atom. The van der Waals surface area contributed by atoms with Gasteiger partial charge in [-0.3, -0.25) is 19.9 Å². The summed E-state index contributed by atoms with van der Waals surface area (Å²) in [4.78, 5) is 27.2.